The van der Waals surface area contributed by atoms with E-state index in [1.807, 2.05) is 50.3 Å². The van der Waals surface area contributed by atoms with E-state index in [1.54, 1.807) is 0 Å². The molecule has 0 aliphatic carbocycles. The van der Waals surface area contributed by atoms with Crippen molar-refractivity contribution in [3.63, 3.8) is 0 Å². The number of benzene rings is 1. The minimum atomic E-state index is -0.993. The summed E-state index contributed by atoms with van der Waals surface area (Å²) in [6, 6.07) is 7.88. The molecule has 0 saturated carbocycles. The van der Waals surface area contributed by atoms with Gasteiger partial charge in [-0.15, -0.1) is 11.3 Å². The number of carbonyl (C=O) groups is 1. The first-order valence-corrected chi connectivity index (χ1v) is 9.62. The largest absolute Gasteiger partial charge is 0.477 e. The lowest BCUT2D eigenvalue weighted by Gasteiger charge is -2.20. The van der Waals surface area contributed by atoms with Gasteiger partial charge >= 0.3 is 5.97 Å². The quantitative estimate of drug-likeness (QED) is 0.714. The number of carboxylic acid groups (broad SMARTS) is 1. The number of hydrogen-bond donors (Lipinski definition) is 1. The number of rotatable bonds is 6. The number of aromatic carboxylic acids is 1. The lowest BCUT2D eigenvalue weighted by Crippen LogP contribution is -2.27. The van der Waals surface area contributed by atoms with Crippen LogP contribution in [-0.2, 0) is 5.41 Å². The zero-order valence-electron chi connectivity index (χ0n) is 16.8. The highest BCUT2D eigenvalue weighted by atomic mass is 32.1. The average molecular weight is 386 g/mol. The van der Waals surface area contributed by atoms with Crippen LogP contribution in [0.5, 0.6) is 0 Å². The van der Waals surface area contributed by atoms with Crippen molar-refractivity contribution in [3.05, 3.63) is 46.1 Å². The number of thiophene rings is 1. The van der Waals surface area contributed by atoms with E-state index < -0.39 is 5.97 Å². The maximum absolute atomic E-state index is 11.9. The second kappa shape index (κ2) is 8.12. The van der Waals surface area contributed by atoms with Crippen molar-refractivity contribution in [2.75, 3.05) is 39.1 Å². The number of anilines is 1. The molecule has 0 fully saturated rings. The topological polar surface area (TPSA) is 48.1 Å². The van der Waals surface area contributed by atoms with Crippen LogP contribution >= 0.6 is 11.3 Å². The van der Waals surface area contributed by atoms with Gasteiger partial charge in [0.2, 0.25) is 5.69 Å². The summed E-state index contributed by atoms with van der Waals surface area (Å²) < 4.78 is 0. The van der Waals surface area contributed by atoms with Gasteiger partial charge in [0.05, 0.1) is 11.6 Å². The van der Waals surface area contributed by atoms with E-state index in [1.165, 1.54) is 16.9 Å². The van der Waals surface area contributed by atoms with Crippen LogP contribution in [0.25, 0.3) is 16.0 Å². The van der Waals surface area contributed by atoms with Crippen LogP contribution in [0, 0.1) is 6.57 Å². The van der Waals surface area contributed by atoms with Crippen molar-refractivity contribution in [2.45, 2.75) is 26.2 Å². The summed E-state index contributed by atoms with van der Waals surface area (Å²) in [7, 11) is 5.88. The normalized spacial score (nSPS) is 11.5. The third-order valence-electron chi connectivity index (χ3n) is 4.44. The van der Waals surface area contributed by atoms with Gasteiger partial charge in [-0.2, -0.15) is 0 Å². The Hall–Kier alpha value is -2.36. The van der Waals surface area contributed by atoms with Gasteiger partial charge in [-0.25, -0.2) is 9.64 Å². The first-order chi connectivity index (χ1) is 12.6. The van der Waals surface area contributed by atoms with Crippen molar-refractivity contribution in [2.24, 2.45) is 0 Å². The fourth-order valence-corrected chi connectivity index (χ4v) is 3.87. The Bertz CT molecular complexity index is 855. The minimum absolute atomic E-state index is 0.0169. The number of nitrogens with zero attached hydrogens (tertiary/aromatic N) is 3. The average Bonchev–Trinajstić information content (AvgIpc) is 2.98. The molecule has 0 saturated heterocycles. The second-order valence-corrected chi connectivity index (χ2v) is 8.93. The Labute approximate surface area is 165 Å². The SMILES string of the molecule is [C-]#[N+]c1c(N(C)CCN(C)C)sc(C(=O)O)c1-c1ccc(C(C)(C)C)cc1. The van der Waals surface area contributed by atoms with E-state index in [9.17, 15) is 9.90 Å². The molecule has 0 bridgehead atoms. The molecule has 0 aliphatic heterocycles. The van der Waals surface area contributed by atoms with E-state index in [0.29, 0.717) is 16.3 Å². The summed E-state index contributed by atoms with van der Waals surface area (Å²) in [5, 5.41) is 10.4. The Morgan fingerprint density at radius 3 is 2.19 bits per heavy atom. The van der Waals surface area contributed by atoms with Crippen LogP contribution in [0.15, 0.2) is 24.3 Å². The van der Waals surface area contributed by atoms with Gasteiger partial charge in [-0.05, 0) is 30.6 Å². The van der Waals surface area contributed by atoms with Gasteiger partial charge in [0.15, 0.2) is 0 Å². The maximum atomic E-state index is 11.9. The lowest BCUT2D eigenvalue weighted by molar-refractivity contribution is 0.0703. The first kappa shape index (κ1) is 20.9. The Kier molecular flexibility index (Phi) is 6.30. The Balaban J connectivity index is 2.55. The molecule has 1 N–H and O–H groups in total. The molecule has 5 nitrogen and oxygen atoms in total. The van der Waals surface area contributed by atoms with Crippen molar-refractivity contribution < 1.29 is 9.90 Å². The molecule has 144 valence electrons. The standard InChI is InChI=1S/C21H27N3O2S/c1-21(2,3)15-10-8-14(9-11-15)16-17(22-4)19(27-18(16)20(25)26)24(7)13-12-23(5)6/h8-11H,12-13H2,1-3,5-7H3,(H,25,26). The van der Waals surface area contributed by atoms with Gasteiger partial charge in [0, 0.05) is 25.7 Å². The molecule has 1 aromatic heterocycles. The van der Waals surface area contributed by atoms with Crippen LogP contribution in [0.3, 0.4) is 0 Å². The molecular formula is C21H27N3O2S. The molecule has 2 rings (SSSR count). The summed E-state index contributed by atoms with van der Waals surface area (Å²) in [5.41, 5.74) is 2.90. The molecule has 1 heterocycles. The molecule has 27 heavy (non-hydrogen) atoms. The highest BCUT2D eigenvalue weighted by Gasteiger charge is 2.26. The van der Waals surface area contributed by atoms with Crippen molar-refractivity contribution in [3.8, 4) is 11.1 Å². The number of hydrogen-bond acceptors (Lipinski definition) is 4. The summed E-state index contributed by atoms with van der Waals surface area (Å²) >= 11 is 1.18. The van der Waals surface area contributed by atoms with Gasteiger partial charge < -0.3 is 14.9 Å². The molecule has 1 aromatic carbocycles. The van der Waals surface area contributed by atoms with Crippen LogP contribution in [0.1, 0.15) is 36.0 Å². The van der Waals surface area contributed by atoms with E-state index >= 15 is 0 Å². The zero-order chi connectivity index (χ0) is 20.4. The molecule has 0 atom stereocenters. The van der Waals surface area contributed by atoms with E-state index in [-0.39, 0.29) is 10.3 Å². The van der Waals surface area contributed by atoms with Gasteiger partial charge in [0.1, 0.15) is 4.88 Å². The third-order valence-corrected chi connectivity index (χ3v) is 5.72. The van der Waals surface area contributed by atoms with Gasteiger partial charge in [-0.3, -0.25) is 0 Å². The molecule has 6 heteroatoms. The smallest absolute Gasteiger partial charge is 0.345 e. The molecule has 0 amide bonds. The molecular weight excluding hydrogens is 358 g/mol. The second-order valence-electron chi connectivity index (χ2n) is 7.93. The number of carboxylic acids is 1. The van der Waals surface area contributed by atoms with Gasteiger partial charge in [-0.1, -0.05) is 45.0 Å². The van der Waals surface area contributed by atoms with Crippen molar-refractivity contribution in [1.29, 1.82) is 0 Å². The fourth-order valence-electron chi connectivity index (χ4n) is 2.78. The van der Waals surface area contributed by atoms with E-state index in [2.05, 4.69) is 30.5 Å². The Morgan fingerprint density at radius 1 is 1.15 bits per heavy atom. The molecule has 2 aromatic rings. The van der Waals surface area contributed by atoms with Crippen molar-refractivity contribution in [1.82, 2.24) is 4.90 Å². The summed E-state index contributed by atoms with van der Waals surface area (Å²) in [4.78, 5) is 19.8. The van der Waals surface area contributed by atoms with Crippen LogP contribution in [0.4, 0.5) is 10.7 Å². The Morgan fingerprint density at radius 2 is 1.74 bits per heavy atom. The highest BCUT2D eigenvalue weighted by molar-refractivity contribution is 7.19. The predicted octanol–water partition coefficient (Wildman–Crippen LogP) is 4.96. The molecule has 0 unspecified atom stereocenters. The van der Waals surface area contributed by atoms with Crippen LogP contribution in [0.2, 0.25) is 0 Å². The first-order valence-electron chi connectivity index (χ1n) is 8.80. The minimum Gasteiger partial charge on any atom is -0.477 e. The third kappa shape index (κ3) is 4.68. The molecule has 0 aliphatic rings. The monoisotopic (exact) mass is 385 g/mol. The fraction of sp³-hybridized carbons (Fsp3) is 0.429. The lowest BCUT2D eigenvalue weighted by atomic mass is 9.86. The van der Waals surface area contributed by atoms with Crippen LogP contribution in [-0.4, -0.2) is 50.2 Å². The highest BCUT2D eigenvalue weighted by Crippen LogP contribution is 2.48. The molecule has 0 spiro atoms. The van der Waals surface area contributed by atoms with Gasteiger partial charge in [0.25, 0.3) is 0 Å². The van der Waals surface area contributed by atoms with Crippen molar-refractivity contribution >= 4 is 28.0 Å². The predicted molar refractivity (Wildman–Crippen MR) is 114 cm³/mol. The summed E-state index contributed by atoms with van der Waals surface area (Å²) in [6.45, 7) is 15.6. The summed E-state index contributed by atoms with van der Waals surface area (Å²) in [6.07, 6.45) is 0. The maximum Gasteiger partial charge on any atom is 0.345 e. The number of likely N-dealkylation sites (N-methyl/N-ethyl adjacent to an activating group) is 2. The zero-order valence-corrected chi connectivity index (χ0v) is 17.6. The van der Waals surface area contributed by atoms with E-state index in [0.717, 1.165) is 18.7 Å². The molecule has 0 radical (unpaired) electrons. The van der Waals surface area contributed by atoms with E-state index in [4.69, 9.17) is 6.57 Å². The van der Waals surface area contributed by atoms with Crippen LogP contribution < -0.4 is 4.90 Å². The summed E-state index contributed by atoms with van der Waals surface area (Å²) in [5.74, 6) is -0.993.